The molecule has 4 rings (SSSR count). The standard InChI is InChI=1S/C28H32Cl2N4O5S2/c1-18(9-10-31-27(36)24-16-20-5-3-4-6-23(20)40-24)15-26(35)33-11-13-34(14-12-33)28(37)19(2)32-41(38,39)25-8-7-21(29)17-22(25)30/h3-8,16-19,32H,9-15H2,1-2H3,(H,31,36)/t18?,19-/m0/s1. The summed E-state index contributed by atoms with van der Waals surface area (Å²) in [4.78, 5) is 42.1. The van der Waals surface area contributed by atoms with Crippen molar-refractivity contribution < 1.29 is 22.8 Å². The van der Waals surface area contributed by atoms with Crippen LogP contribution in [0, 0.1) is 5.92 Å². The summed E-state index contributed by atoms with van der Waals surface area (Å²) in [7, 11) is -4.04. The van der Waals surface area contributed by atoms with Crippen LogP contribution in [0.5, 0.6) is 0 Å². The van der Waals surface area contributed by atoms with Gasteiger partial charge in [-0.15, -0.1) is 11.3 Å². The van der Waals surface area contributed by atoms with Crippen molar-refractivity contribution in [3.63, 3.8) is 0 Å². The summed E-state index contributed by atoms with van der Waals surface area (Å²) in [6, 6.07) is 12.7. The highest BCUT2D eigenvalue weighted by Crippen LogP contribution is 2.26. The zero-order valence-electron chi connectivity index (χ0n) is 22.7. The monoisotopic (exact) mass is 638 g/mol. The van der Waals surface area contributed by atoms with Gasteiger partial charge in [0.15, 0.2) is 0 Å². The minimum absolute atomic E-state index is 0.00781. The molecular weight excluding hydrogens is 607 g/mol. The van der Waals surface area contributed by atoms with Gasteiger partial charge in [-0.3, -0.25) is 14.4 Å². The number of carbonyl (C=O) groups excluding carboxylic acids is 3. The maximum absolute atomic E-state index is 12.9. The maximum atomic E-state index is 12.9. The van der Waals surface area contributed by atoms with Crippen molar-refractivity contribution in [2.24, 2.45) is 5.92 Å². The van der Waals surface area contributed by atoms with Crippen LogP contribution < -0.4 is 10.0 Å². The predicted molar refractivity (Wildman–Crippen MR) is 162 cm³/mol. The number of carbonyl (C=O) groups is 3. The van der Waals surface area contributed by atoms with Gasteiger partial charge in [0.05, 0.1) is 15.9 Å². The van der Waals surface area contributed by atoms with E-state index in [4.69, 9.17) is 23.2 Å². The van der Waals surface area contributed by atoms with Gasteiger partial charge in [0.1, 0.15) is 4.90 Å². The number of sulfonamides is 1. The second-order valence-corrected chi connectivity index (χ2v) is 13.7. The Bertz CT molecular complexity index is 1500. The fourth-order valence-electron chi connectivity index (χ4n) is 4.63. The summed E-state index contributed by atoms with van der Waals surface area (Å²) in [6.45, 7) is 5.26. The summed E-state index contributed by atoms with van der Waals surface area (Å²) < 4.78 is 28.9. The number of nitrogens with one attached hydrogen (secondary N) is 2. The van der Waals surface area contributed by atoms with Gasteiger partial charge < -0.3 is 15.1 Å². The van der Waals surface area contributed by atoms with Crippen LogP contribution in [0.1, 0.15) is 36.4 Å². The molecule has 3 amide bonds. The minimum atomic E-state index is -4.04. The van der Waals surface area contributed by atoms with Crippen molar-refractivity contribution >= 4 is 72.4 Å². The third-order valence-corrected chi connectivity index (χ3v) is 10.3. The van der Waals surface area contributed by atoms with E-state index in [9.17, 15) is 22.8 Å². The van der Waals surface area contributed by atoms with E-state index < -0.39 is 16.1 Å². The number of fused-ring (bicyclic) bond motifs is 1. The van der Waals surface area contributed by atoms with Crippen LogP contribution in [-0.4, -0.2) is 74.7 Å². The molecule has 0 bridgehead atoms. The van der Waals surface area contributed by atoms with E-state index in [1.165, 1.54) is 36.5 Å². The Morgan fingerprint density at radius 2 is 1.66 bits per heavy atom. The van der Waals surface area contributed by atoms with Gasteiger partial charge in [-0.1, -0.05) is 48.3 Å². The van der Waals surface area contributed by atoms with Gasteiger partial charge >= 0.3 is 0 Å². The number of nitrogens with zero attached hydrogens (tertiary/aromatic N) is 2. The third-order valence-electron chi connectivity index (χ3n) is 6.92. The predicted octanol–water partition coefficient (Wildman–Crippen LogP) is 4.39. The smallest absolute Gasteiger partial charge is 0.261 e. The summed E-state index contributed by atoms with van der Waals surface area (Å²) in [5.41, 5.74) is 0. The van der Waals surface area contributed by atoms with Crippen molar-refractivity contribution in [1.82, 2.24) is 19.8 Å². The molecular formula is C28H32Cl2N4O5S2. The zero-order valence-corrected chi connectivity index (χ0v) is 25.9. The Balaban J connectivity index is 1.19. The van der Waals surface area contributed by atoms with Gasteiger partial charge in [-0.25, -0.2) is 8.42 Å². The molecule has 3 aromatic rings. The maximum Gasteiger partial charge on any atom is 0.261 e. The molecule has 1 unspecified atom stereocenters. The molecule has 0 aliphatic carbocycles. The van der Waals surface area contributed by atoms with Gasteiger partial charge in [0, 0.05) is 48.9 Å². The lowest BCUT2D eigenvalue weighted by Gasteiger charge is -2.36. The molecule has 0 saturated carbocycles. The van der Waals surface area contributed by atoms with E-state index in [2.05, 4.69) is 10.0 Å². The number of hydrogen-bond donors (Lipinski definition) is 2. The molecule has 2 N–H and O–H groups in total. The van der Waals surface area contributed by atoms with Crippen molar-refractivity contribution in [2.45, 2.75) is 37.6 Å². The molecule has 41 heavy (non-hydrogen) atoms. The van der Waals surface area contributed by atoms with E-state index in [0.717, 1.165) is 10.1 Å². The van der Waals surface area contributed by atoms with E-state index in [1.54, 1.807) is 9.80 Å². The van der Waals surface area contributed by atoms with Gasteiger partial charge in [0.25, 0.3) is 5.91 Å². The fourth-order valence-corrected chi connectivity index (χ4v) is 7.58. The number of benzene rings is 2. The fraction of sp³-hybridized carbons (Fsp3) is 0.393. The minimum Gasteiger partial charge on any atom is -0.351 e. The molecule has 0 radical (unpaired) electrons. The summed E-state index contributed by atoms with van der Waals surface area (Å²) in [5, 5.41) is 4.25. The Morgan fingerprint density at radius 1 is 0.976 bits per heavy atom. The van der Waals surface area contributed by atoms with E-state index in [-0.39, 0.29) is 33.6 Å². The molecule has 2 atom stereocenters. The van der Waals surface area contributed by atoms with E-state index in [0.29, 0.717) is 55.5 Å². The topological polar surface area (TPSA) is 116 Å². The first-order valence-corrected chi connectivity index (χ1v) is 16.3. The number of halogens is 2. The van der Waals surface area contributed by atoms with E-state index >= 15 is 0 Å². The SMILES string of the molecule is CC(CCNC(=O)c1cc2ccccc2s1)CC(=O)N1CCN(C(=O)[C@H](C)NS(=O)(=O)c2ccc(Cl)cc2Cl)CC1. The molecule has 2 aromatic carbocycles. The summed E-state index contributed by atoms with van der Waals surface area (Å²) in [6.07, 6.45) is 1.00. The lowest BCUT2D eigenvalue weighted by Crippen LogP contribution is -2.55. The average molecular weight is 640 g/mol. The number of hydrogen-bond acceptors (Lipinski definition) is 6. The average Bonchev–Trinajstić information content (AvgIpc) is 3.37. The highest BCUT2D eigenvalue weighted by atomic mass is 35.5. The van der Waals surface area contributed by atoms with Crippen molar-refractivity contribution in [2.75, 3.05) is 32.7 Å². The second-order valence-electron chi connectivity index (χ2n) is 10.1. The number of piperazine rings is 1. The van der Waals surface area contributed by atoms with Crippen molar-refractivity contribution in [3.05, 3.63) is 63.5 Å². The highest BCUT2D eigenvalue weighted by molar-refractivity contribution is 7.89. The Labute approximate surface area is 253 Å². The van der Waals surface area contributed by atoms with Crippen LogP contribution in [0.15, 0.2) is 53.4 Å². The second kappa shape index (κ2) is 13.5. The first-order valence-electron chi connectivity index (χ1n) is 13.3. The van der Waals surface area contributed by atoms with E-state index in [1.807, 2.05) is 37.3 Å². The van der Waals surface area contributed by atoms with Gasteiger partial charge in [-0.05, 0) is 55.0 Å². The normalized spacial score (nSPS) is 15.5. The molecule has 220 valence electrons. The highest BCUT2D eigenvalue weighted by Gasteiger charge is 2.30. The van der Waals surface area contributed by atoms with Crippen LogP contribution in [0.2, 0.25) is 10.0 Å². The lowest BCUT2D eigenvalue weighted by molar-refractivity contribution is -0.140. The first-order chi connectivity index (χ1) is 19.4. The number of thiophene rings is 1. The molecule has 2 heterocycles. The van der Waals surface area contributed by atoms with Crippen LogP contribution in [0.3, 0.4) is 0 Å². The molecule has 1 aliphatic rings. The summed E-state index contributed by atoms with van der Waals surface area (Å²) in [5.74, 6) is -0.433. The van der Waals surface area contributed by atoms with Crippen molar-refractivity contribution in [1.29, 1.82) is 0 Å². The number of rotatable bonds is 10. The molecule has 0 spiro atoms. The molecule has 1 saturated heterocycles. The molecule has 1 fully saturated rings. The first kappa shape index (κ1) is 31.2. The Kier molecular flexibility index (Phi) is 10.3. The van der Waals surface area contributed by atoms with Crippen LogP contribution in [0.4, 0.5) is 0 Å². The molecule has 1 aromatic heterocycles. The zero-order chi connectivity index (χ0) is 29.7. The van der Waals surface area contributed by atoms with Gasteiger partial charge in [-0.2, -0.15) is 4.72 Å². The van der Waals surface area contributed by atoms with Crippen LogP contribution in [0.25, 0.3) is 10.1 Å². The summed E-state index contributed by atoms with van der Waals surface area (Å²) >= 11 is 13.3. The lowest BCUT2D eigenvalue weighted by atomic mass is 10.0. The number of amides is 3. The largest absolute Gasteiger partial charge is 0.351 e. The Hall–Kier alpha value is -2.70. The van der Waals surface area contributed by atoms with Gasteiger partial charge in [0.2, 0.25) is 21.8 Å². The molecule has 1 aliphatic heterocycles. The quantitative estimate of drug-likeness (QED) is 0.342. The van der Waals surface area contributed by atoms with Crippen molar-refractivity contribution in [3.8, 4) is 0 Å². The molecule has 13 heteroatoms. The Morgan fingerprint density at radius 3 is 2.34 bits per heavy atom. The van der Waals surface area contributed by atoms with Crippen LogP contribution in [-0.2, 0) is 19.6 Å². The molecule has 9 nitrogen and oxygen atoms in total. The van der Waals surface area contributed by atoms with Crippen LogP contribution >= 0.6 is 34.5 Å². The third kappa shape index (κ3) is 7.98.